The fourth-order valence-electron chi connectivity index (χ4n) is 3.88. The molecule has 11 heteroatoms. The van der Waals surface area contributed by atoms with Gasteiger partial charge < -0.3 is 5.73 Å². The van der Waals surface area contributed by atoms with Crippen molar-refractivity contribution in [1.29, 1.82) is 0 Å². The lowest BCUT2D eigenvalue weighted by atomic mass is 10.1. The highest BCUT2D eigenvalue weighted by molar-refractivity contribution is 7.89. The molecule has 4 rings (SSSR count). The minimum Gasteiger partial charge on any atom is -0.381 e. The van der Waals surface area contributed by atoms with Crippen LogP contribution in [-0.2, 0) is 10.0 Å². The first-order valence-electron chi connectivity index (χ1n) is 9.76. The Morgan fingerprint density at radius 2 is 1.94 bits per heavy atom. The zero-order valence-electron chi connectivity index (χ0n) is 16.6. The van der Waals surface area contributed by atoms with E-state index in [9.17, 15) is 17.6 Å². The number of benzene rings is 2. The van der Waals surface area contributed by atoms with Crippen LogP contribution in [0.3, 0.4) is 0 Å². The number of hydrogen-bond acceptors (Lipinski definition) is 5. The van der Waals surface area contributed by atoms with E-state index < -0.39 is 33.4 Å². The van der Waals surface area contributed by atoms with Gasteiger partial charge in [0.25, 0.3) is 0 Å². The van der Waals surface area contributed by atoms with Crippen molar-refractivity contribution in [3.63, 3.8) is 0 Å². The van der Waals surface area contributed by atoms with E-state index in [1.807, 2.05) is 0 Å². The Bertz CT molecular complexity index is 1350. The van der Waals surface area contributed by atoms with Gasteiger partial charge in [-0.2, -0.15) is 4.98 Å². The second kappa shape index (κ2) is 8.82. The van der Waals surface area contributed by atoms with Gasteiger partial charge in [-0.25, -0.2) is 22.3 Å². The number of halogens is 3. The third kappa shape index (κ3) is 4.66. The molecule has 32 heavy (non-hydrogen) atoms. The van der Waals surface area contributed by atoms with Gasteiger partial charge in [-0.3, -0.25) is 4.57 Å². The lowest BCUT2D eigenvalue weighted by Crippen LogP contribution is -2.34. The first-order chi connectivity index (χ1) is 15.1. The normalized spacial score (nSPS) is 18.7. The van der Waals surface area contributed by atoms with Gasteiger partial charge in [0, 0.05) is 33.9 Å². The summed E-state index contributed by atoms with van der Waals surface area (Å²) < 4.78 is 43.6. The molecule has 168 valence electrons. The minimum absolute atomic E-state index is 0.0850. The molecule has 2 atom stereocenters. The highest BCUT2D eigenvalue weighted by atomic mass is 35.5. The predicted octanol–water partition coefficient (Wildman–Crippen LogP) is 4.01. The van der Waals surface area contributed by atoms with Crippen molar-refractivity contribution in [3.8, 4) is 11.1 Å². The van der Waals surface area contributed by atoms with Crippen LogP contribution in [0.5, 0.6) is 0 Å². The number of sulfonamides is 1. The smallest absolute Gasteiger partial charge is 0.349 e. The Hall–Kier alpha value is -2.46. The van der Waals surface area contributed by atoms with Crippen LogP contribution in [0.1, 0.15) is 25.3 Å². The number of anilines is 1. The van der Waals surface area contributed by atoms with E-state index in [4.69, 9.17) is 28.9 Å². The van der Waals surface area contributed by atoms with Gasteiger partial charge in [-0.15, -0.1) is 0 Å². The second-order valence-corrected chi connectivity index (χ2v) is 10.2. The summed E-state index contributed by atoms with van der Waals surface area (Å²) in [5.41, 5.74) is 5.96. The lowest BCUT2D eigenvalue weighted by Gasteiger charge is -2.16. The van der Waals surface area contributed by atoms with E-state index in [-0.39, 0.29) is 10.9 Å². The summed E-state index contributed by atoms with van der Waals surface area (Å²) in [5, 5.41) is 0.892. The summed E-state index contributed by atoms with van der Waals surface area (Å²) in [6.07, 6.45) is 2.34. The van der Waals surface area contributed by atoms with Gasteiger partial charge in [0.05, 0.1) is 4.90 Å². The Morgan fingerprint density at radius 3 is 2.69 bits per heavy atom. The van der Waals surface area contributed by atoms with Crippen molar-refractivity contribution in [2.45, 2.75) is 36.2 Å². The fourth-order valence-corrected chi connectivity index (χ4v) is 5.72. The Morgan fingerprint density at radius 1 is 1.16 bits per heavy atom. The van der Waals surface area contributed by atoms with Crippen LogP contribution in [0.15, 0.2) is 58.4 Å². The van der Waals surface area contributed by atoms with Crippen molar-refractivity contribution in [2.24, 2.45) is 0 Å². The maximum Gasteiger partial charge on any atom is 0.349 e. The van der Waals surface area contributed by atoms with Gasteiger partial charge in [-0.1, -0.05) is 41.4 Å². The molecule has 7 nitrogen and oxygen atoms in total. The number of nitrogens with zero attached hydrogens (tertiary/aromatic N) is 2. The zero-order chi connectivity index (χ0) is 23.0. The average Bonchev–Trinajstić information content (AvgIpc) is 3.18. The standard InChI is InChI=1S/C21H19Cl2FN4O3S/c22-13-4-7-17(18(23)9-13)12-2-1-3-16(8-12)32(30,31)27-14-5-6-15(10-14)28-11-19(24)20(25)26-21(28)29/h1-4,7-9,11,14-15,27H,5-6,10H2,(H2,25,26,29)/t14-,15-/m0/s1. The quantitative estimate of drug-likeness (QED) is 0.554. The summed E-state index contributed by atoms with van der Waals surface area (Å²) in [6.45, 7) is 0. The van der Waals surface area contributed by atoms with E-state index in [0.717, 1.165) is 6.20 Å². The van der Waals surface area contributed by atoms with Crippen LogP contribution in [0.25, 0.3) is 11.1 Å². The molecule has 0 aliphatic heterocycles. The third-order valence-electron chi connectivity index (χ3n) is 5.44. The Balaban J connectivity index is 1.53. The highest BCUT2D eigenvalue weighted by Gasteiger charge is 2.31. The maximum atomic E-state index is 13.8. The molecule has 1 aliphatic carbocycles. The van der Waals surface area contributed by atoms with Gasteiger partial charge in [0.1, 0.15) is 0 Å². The first-order valence-corrected chi connectivity index (χ1v) is 12.0. The molecule has 0 radical (unpaired) electrons. The molecule has 1 aliphatic rings. The number of nitrogen functional groups attached to an aromatic ring is 1. The van der Waals surface area contributed by atoms with Crippen LogP contribution in [0.4, 0.5) is 10.2 Å². The molecular formula is C21H19Cl2FN4O3S. The molecular weight excluding hydrogens is 478 g/mol. The molecule has 1 saturated carbocycles. The molecule has 2 aromatic carbocycles. The van der Waals surface area contributed by atoms with E-state index in [1.54, 1.807) is 30.3 Å². The maximum absolute atomic E-state index is 13.8. The van der Waals surface area contributed by atoms with Crippen LogP contribution in [0, 0.1) is 5.82 Å². The van der Waals surface area contributed by atoms with Crippen LogP contribution in [-0.4, -0.2) is 24.0 Å². The molecule has 1 aromatic heterocycles. The summed E-state index contributed by atoms with van der Waals surface area (Å²) in [5.74, 6) is -1.24. The fraction of sp³-hybridized carbons (Fsp3) is 0.238. The number of hydrogen-bond donors (Lipinski definition) is 2. The topological polar surface area (TPSA) is 107 Å². The predicted molar refractivity (Wildman–Crippen MR) is 122 cm³/mol. The molecule has 3 aromatic rings. The summed E-state index contributed by atoms with van der Waals surface area (Å²) in [6, 6.07) is 10.6. The molecule has 0 spiro atoms. The van der Waals surface area contributed by atoms with Crippen molar-refractivity contribution < 1.29 is 12.8 Å². The Kier molecular flexibility index (Phi) is 6.26. The third-order valence-corrected chi connectivity index (χ3v) is 7.51. The van der Waals surface area contributed by atoms with Gasteiger partial charge in [0.2, 0.25) is 10.0 Å². The molecule has 0 saturated heterocycles. The molecule has 0 bridgehead atoms. The van der Waals surface area contributed by atoms with Crippen molar-refractivity contribution >= 4 is 39.0 Å². The molecule has 0 unspecified atom stereocenters. The number of nitrogens with two attached hydrogens (primary N) is 1. The Labute approximate surface area is 194 Å². The SMILES string of the molecule is Nc1nc(=O)n([C@H]2CC[C@H](NS(=O)(=O)c3cccc(-c4ccc(Cl)cc4Cl)c3)C2)cc1F. The van der Waals surface area contributed by atoms with Crippen molar-refractivity contribution in [3.05, 3.63) is 75.0 Å². The van der Waals surface area contributed by atoms with E-state index >= 15 is 0 Å². The van der Waals surface area contributed by atoms with Gasteiger partial charge in [-0.05, 0) is 49.1 Å². The monoisotopic (exact) mass is 496 g/mol. The van der Waals surface area contributed by atoms with Crippen LogP contribution >= 0.6 is 23.2 Å². The average molecular weight is 497 g/mol. The number of aromatic nitrogens is 2. The lowest BCUT2D eigenvalue weighted by molar-refractivity contribution is 0.461. The first kappa shape index (κ1) is 22.7. The van der Waals surface area contributed by atoms with Crippen molar-refractivity contribution in [2.75, 3.05) is 5.73 Å². The molecule has 1 heterocycles. The van der Waals surface area contributed by atoms with E-state index in [1.165, 1.54) is 16.7 Å². The molecule has 3 N–H and O–H groups in total. The van der Waals surface area contributed by atoms with Crippen LogP contribution < -0.4 is 16.1 Å². The second-order valence-electron chi connectivity index (χ2n) is 7.60. The van der Waals surface area contributed by atoms with Crippen molar-refractivity contribution in [1.82, 2.24) is 14.3 Å². The largest absolute Gasteiger partial charge is 0.381 e. The van der Waals surface area contributed by atoms with Crippen LogP contribution in [0.2, 0.25) is 10.0 Å². The minimum atomic E-state index is -3.84. The van der Waals surface area contributed by atoms with E-state index in [2.05, 4.69) is 9.71 Å². The molecule has 1 fully saturated rings. The summed E-state index contributed by atoms with van der Waals surface area (Å²) in [4.78, 5) is 15.6. The summed E-state index contributed by atoms with van der Waals surface area (Å²) >= 11 is 12.2. The van der Waals surface area contributed by atoms with E-state index in [0.29, 0.717) is 40.4 Å². The highest BCUT2D eigenvalue weighted by Crippen LogP contribution is 2.33. The van der Waals surface area contributed by atoms with Gasteiger partial charge in [0.15, 0.2) is 11.6 Å². The van der Waals surface area contributed by atoms with Gasteiger partial charge >= 0.3 is 5.69 Å². The number of rotatable bonds is 5. The molecule has 0 amide bonds. The zero-order valence-corrected chi connectivity index (χ0v) is 19.0. The number of nitrogens with one attached hydrogen (secondary N) is 1. The summed E-state index contributed by atoms with van der Waals surface area (Å²) in [7, 11) is -3.84.